The summed E-state index contributed by atoms with van der Waals surface area (Å²) in [5.74, 6) is -0.156. The summed E-state index contributed by atoms with van der Waals surface area (Å²) < 4.78 is 1.31. The van der Waals surface area contributed by atoms with Crippen molar-refractivity contribution in [3.05, 3.63) is 71.0 Å². The molecule has 1 aromatic carbocycles. The van der Waals surface area contributed by atoms with Crippen LogP contribution in [0.1, 0.15) is 24.6 Å². The van der Waals surface area contributed by atoms with Gasteiger partial charge in [-0.15, -0.1) is 0 Å². The number of pyridine rings is 1. The highest BCUT2D eigenvalue weighted by Gasteiger charge is 2.36. The van der Waals surface area contributed by atoms with Crippen LogP contribution in [0.25, 0.3) is 10.9 Å². The van der Waals surface area contributed by atoms with E-state index in [2.05, 4.69) is 15.3 Å². The Balaban J connectivity index is 1.53. The third-order valence-electron chi connectivity index (χ3n) is 4.99. The third kappa shape index (κ3) is 3.59. The van der Waals surface area contributed by atoms with Crippen LogP contribution in [0.2, 0.25) is 0 Å². The highest BCUT2D eigenvalue weighted by molar-refractivity contribution is 5.79. The minimum absolute atomic E-state index is 0.116. The Kier molecular flexibility index (Phi) is 4.68. The number of carbonyl (C=O) groups is 1. The van der Waals surface area contributed by atoms with Crippen molar-refractivity contribution in [2.75, 3.05) is 0 Å². The first kappa shape index (κ1) is 17.4. The van der Waals surface area contributed by atoms with Crippen molar-refractivity contribution in [3.63, 3.8) is 0 Å². The maximum Gasteiger partial charge on any atom is 0.261 e. The standard InChI is InChI=1S/C20H20N4O3/c25-14-9-13(10-14)19(17-7-3-4-8-21-17)23-18(26)11-24-12-22-16-6-2-1-5-15(16)20(24)27/h1-8,12-14,19,25H,9-11H2,(H,23,26). The van der Waals surface area contributed by atoms with Crippen LogP contribution < -0.4 is 10.9 Å². The number of carbonyl (C=O) groups excluding carboxylic acids is 1. The monoisotopic (exact) mass is 364 g/mol. The van der Waals surface area contributed by atoms with E-state index in [1.165, 1.54) is 10.9 Å². The largest absolute Gasteiger partial charge is 0.393 e. The first-order valence-corrected chi connectivity index (χ1v) is 8.94. The molecule has 3 aromatic rings. The zero-order valence-electron chi connectivity index (χ0n) is 14.7. The molecule has 1 saturated carbocycles. The molecule has 0 radical (unpaired) electrons. The fourth-order valence-electron chi connectivity index (χ4n) is 3.49. The van der Waals surface area contributed by atoms with E-state index in [9.17, 15) is 14.7 Å². The van der Waals surface area contributed by atoms with Gasteiger partial charge in [-0.05, 0) is 43.0 Å². The van der Waals surface area contributed by atoms with Crippen molar-refractivity contribution in [1.82, 2.24) is 19.9 Å². The van der Waals surface area contributed by atoms with Crippen molar-refractivity contribution in [2.24, 2.45) is 5.92 Å². The van der Waals surface area contributed by atoms with Crippen molar-refractivity contribution >= 4 is 16.8 Å². The molecule has 2 aromatic heterocycles. The van der Waals surface area contributed by atoms with Crippen LogP contribution in [-0.2, 0) is 11.3 Å². The summed E-state index contributed by atoms with van der Waals surface area (Å²) in [6.07, 6.45) is 4.00. The number of nitrogens with one attached hydrogen (secondary N) is 1. The number of rotatable bonds is 5. The molecule has 2 heterocycles. The summed E-state index contributed by atoms with van der Waals surface area (Å²) in [6, 6.07) is 12.3. The smallest absolute Gasteiger partial charge is 0.261 e. The summed E-state index contributed by atoms with van der Waals surface area (Å²) >= 11 is 0. The van der Waals surface area contributed by atoms with Crippen LogP contribution in [0.4, 0.5) is 0 Å². The van der Waals surface area contributed by atoms with Crippen molar-refractivity contribution in [3.8, 4) is 0 Å². The number of amides is 1. The van der Waals surface area contributed by atoms with Gasteiger partial charge >= 0.3 is 0 Å². The molecule has 7 heteroatoms. The quantitative estimate of drug-likeness (QED) is 0.714. The summed E-state index contributed by atoms with van der Waals surface area (Å²) in [6.45, 7) is -0.116. The van der Waals surface area contributed by atoms with Gasteiger partial charge in [-0.25, -0.2) is 4.98 Å². The number of aliphatic hydroxyl groups is 1. The lowest BCUT2D eigenvalue weighted by atomic mass is 9.76. The van der Waals surface area contributed by atoms with Crippen molar-refractivity contribution in [1.29, 1.82) is 0 Å². The fourth-order valence-corrected chi connectivity index (χ4v) is 3.49. The lowest BCUT2D eigenvalue weighted by molar-refractivity contribution is -0.123. The molecule has 1 amide bonds. The predicted octanol–water partition coefficient (Wildman–Crippen LogP) is 1.42. The second kappa shape index (κ2) is 7.28. The zero-order chi connectivity index (χ0) is 18.8. The third-order valence-corrected chi connectivity index (χ3v) is 4.99. The Hall–Kier alpha value is -3.06. The van der Waals surface area contributed by atoms with E-state index in [1.54, 1.807) is 24.4 Å². The van der Waals surface area contributed by atoms with Crippen LogP contribution in [-0.4, -0.2) is 31.7 Å². The average Bonchev–Trinajstić information content (AvgIpc) is 2.67. The first-order valence-electron chi connectivity index (χ1n) is 8.94. The number of para-hydroxylation sites is 1. The molecule has 1 unspecified atom stereocenters. The number of fused-ring (bicyclic) bond motifs is 1. The highest BCUT2D eigenvalue weighted by Crippen LogP contribution is 2.37. The lowest BCUT2D eigenvalue weighted by Gasteiger charge is -2.37. The SMILES string of the molecule is O=C(Cn1cnc2ccccc2c1=O)NC(c1ccccn1)C1CC(O)C1. The maximum atomic E-state index is 12.6. The summed E-state index contributed by atoms with van der Waals surface area (Å²) in [4.78, 5) is 33.8. The molecule has 1 aliphatic carbocycles. The molecular weight excluding hydrogens is 344 g/mol. The Morgan fingerprint density at radius 2 is 1.96 bits per heavy atom. The van der Waals surface area contributed by atoms with Gasteiger partial charge < -0.3 is 10.4 Å². The van der Waals surface area contributed by atoms with Crippen LogP contribution >= 0.6 is 0 Å². The van der Waals surface area contributed by atoms with Gasteiger partial charge in [-0.1, -0.05) is 18.2 Å². The number of hydrogen-bond acceptors (Lipinski definition) is 5. The molecule has 7 nitrogen and oxygen atoms in total. The minimum atomic E-state index is -0.328. The Morgan fingerprint density at radius 3 is 2.70 bits per heavy atom. The van der Waals surface area contributed by atoms with Crippen LogP contribution in [0.5, 0.6) is 0 Å². The van der Waals surface area contributed by atoms with Gasteiger partial charge in [-0.3, -0.25) is 19.1 Å². The van der Waals surface area contributed by atoms with E-state index in [0.29, 0.717) is 23.7 Å². The highest BCUT2D eigenvalue weighted by atomic mass is 16.3. The molecule has 0 bridgehead atoms. The summed E-state index contributed by atoms with van der Waals surface area (Å²) in [7, 11) is 0. The molecule has 2 N–H and O–H groups in total. The summed E-state index contributed by atoms with van der Waals surface area (Å²) in [5.41, 5.74) is 1.12. The number of nitrogens with zero attached hydrogens (tertiary/aromatic N) is 3. The average molecular weight is 364 g/mol. The number of benzene rings is 1. The van der Waals surface area contributed by atoms with Crippen molar-refractivity contribution < 1.29 is 9.90 Å². The first-order chi connectivity index (χ1) is 13.1. The van der Waals surface area contributed by atoms with Gasteiger partial charge in [0.1, 0.15) is 6.54 Å². The number of hydrogen-bond donors (Lipinski definition) is 2. The van der Waals surface area contributed by atoms with Gasteiger partial charge in [0.25, 0.3) is 5.56 Å². The topological polar surface area (TPSA) is 97.1 Å². The van der Waals surface area contributed by atoms with Crippen LogP contribution in [0, 0.1) is 5.92 Å². The molecule has 1 fully saturated rings. The van der Waals surface area contributed by atoms with Crippen LogP contribution in [0.3, 0.4) is 0 Å². The Bertz CT molecular complexity index is 1010. The molecule has 1 atom stereocenters. The van der Waals surface area contributed by atoms with Crippen LogP contribution in [0.15, 0.2) is 59.8 Å². The normalized spacial score (nSPS) is 20.0. The van der Waals surface area contributed by atoms with Gasteiger partial charge in [0, 0.05) is 6.20 Å². The van der Waals surface area contributed by atoms with E-state index in [0.717, 1.165) is 5.69 Å². The molecule has 4 rings (SSSR count). The number of aliphatic hydroxyl groups excluding tert-OH is 1. The Morgan fingerprint density at radius 1 is 1.19 bits per heavy atom. The van der Waals surface area contributed by atoms with E-state index in [-0.39, 0.29) is 36.1 Å². The predicted molar refractivity (Wildman–Crippen MR) is 99.9 cm³/mol. The lowest BCUT2D eigenvalue weighted by Crippen LogP contribution is -2.43. The fraction of sp³-hybridized carbons (Fsp3) is 0.300. The Labute approximate surface area is 155 Å². The minimum Gasteiger partial charge on any atom is -0.393 e. The molecule has 0 saturated heterocycles. The van der Waals surface area contributed by atoms with Gasteiger partial charge in [-0.2, -0.15) is 0 Å². The second-order valence-electron chi connectivity index (χ2n) is 6.88. The van der Waals surface area contributed by atoms with E-state index in [1.807, 2.05) is 24.3 Å². The molecule has 138 valence electrons. The van der Waals surface area contributed by atoms with E-state index < -0.39 is 0 Å². The molecule has 0 spiro atoms. The van der Waals surface area contributed by atoms with E-state index >= 15 is 0 Å². The summed E-state index contributed by atoms with van der Waals surface area (Å²) in [5, 5.41) is 13.1. The van der Waals surface area contributed by atoms with Gasteiger partial charge in [0.2, 0.25) is 5.91 Å². The molecule has 1 aliphatic rings. The maximum absolute atomic E-state index is 12.6. The molecular formula is C20H20N4O3. The molecule has 0 aliphatic heterocycles. The zero-order valence-corrected chi connectivity index (χ0v) is 14.7. The second-order valence-corrected chi connectivity index (χ2v) is 6.88. The van der Waals surface area contributed by atoms with Gasteiger partial charge in [0.15, 0.2) is 0 Å². The van der Waals surface area contributed by atoms with Crippen molar-refractivity contribution in [2.45, 2.75) is 31.5 Å². The van der Waals surface area contributed by atoms with E-state index in [4.69, 9.17) is 0 Å². The van der Waals surface area contributed by atoms with Gasteiger partial charge in [0.05, 0.1) is 35.1 Å². The number of aromatic nitrogens is 3. The molecule has 27 heavy (non-hydrogen) atoms.